The third kappa shape index (κ3) is 3.78. The summed E-state index contributed by atoms with van der Waals surface area (Å²) in [5.41, 5.74) is 1.95. The molecule has 0 bridgehead atoms. The van der Waals surface area contributed by atoms with Crippen LogP contribution in [-0.2, 0) is 11.3 Å². The smallest absolute Gasteiger partial charge is 0.262 e. The number of hydrogen-bond acceptors (Lipinski definition) is 3. The third-order valence-electron chi connectivity index (χ3n) is 5.72. The van der Waals surface area contributed by atoms with Crippen molar-refractivity contribution in [1.29, 1.82) is 0 Å². The van der Waals surface area contributed by atoms with Crippen LogP contribution in [0.4, 0.5) is 0 Å². The lowest BCUT2D eigenvalue weighted by Crippen LogP contribution is -3.13. The van der Waals surface area contributed by atoms with Crippen LogP contribution in [0.1, 0.15) is 33.2 Å². The van der Waals surface area contributed by atoms with Crippen molar-refractivity contribution in [2.45, 2.75) is 19.5 Å². The van der Waals surface area contributed by atoms with Gasteiger partial charge in [0.15, 0.2) is 0 Å². The van der Waals surface area contributed by atoms with Crippen molar-refractivity contribution >= 4 is 29.3 Å². The number of piperazine rings is 1. The first-order valence-electron chi connectivity index (χ1n) is 9.79. The van der Waals surface area contributed by atoms with Crippen molar-refractivity contribution in [3.8, 4) is 0 Å². The maximum Gasteiger partial charge on any atom is 0.262 e. The van der Waals surface area contributed by atoms with Gasteiger partial charge in [0, 0.05) is 10.6 Å². The number of fused-ring (bicyclic) bond motifs is 1. The van der Waals surface area contributed by atoms with Crippen LogP contribution in [0.2, 0.25) is 5.02 Å². The molecule has 1 fully saturated rings. The van der Waals surface area contributed by atoms with Gasteiger partial charge in [-0.05, 0) is 31.2 Å². The summed E-state index contributed by atoms with van der Waals surface area (Å²) in [7, 11) is 0. The third-order valence-corrected chi connectivity index (χ3v) is 5.97. The highest BCUT2D eigenvalue weighted by Crippen LogP contribution is 2.25. The molecule has 7 heteroatoms. The van der Waals surface area contributed by atoms with Crippen molar-refractivity contribution in [3.63, 3.8) is 0 Å². The Morgan fingerprint density at radius 3 is 2.10 bits per heavy atom. The highest BCUT2D eigenvalue weighted by atomic mass is 35.5. The number of nitrogens with zero attached hydrogens (tertiary/aromatic N) is 2. The summed E-state index contributed by atoms with van der Waals surface area (Å²) in [6, 6.07) is 13.7. The minimum absolute atomic E-state index is 0.176. The lowest BCUT2D eigenvalue weighted by molar-refractivity contribution is -0.917. The average molecular weight is 413 g/mol. The van der Waals surface area contributed by atoms with Crippen LogP contribution in [-0.4, -0.2) is 59.7 Å². The molecule has 2 aromatic rings. The molecule has 2 aliphatic rings. The van der Waals surface area contributed by atoms with Crippen LogP contribution in [0.15, 0.2) is 48.5 Å². The van der Waals surface area contributed by atoms with Crippen LogP contribution in [0.5, 0.6) is 0 Å². The van der Waals surface area contributed by atoms with E-state index in [0.29, 0.717) is 24.2 Å². The maximum absolute atomic E-state index is 13.0. The van der Waals surface area contributed by atoms with E-state index in [-0.39, 0.29) is 5.91 Å². The first-order chi connectivity index (χ1) is 14.0. The quantitative estimate of drug-likeness (QED) is 0.769. The number of benzene rings is 2. The highest BCUT2D eigenvalue weighted by Gasteiger charge is 2.42. The van der Waals surface area contributed by atoms with Gasteiger partial charge in [0.05, 0.1) is 37.3 Å². The molecule has 1 atom stereocenters. The number of carbonyl (C=O) groups is 3. The molecule has 0 aliphatic carbocycles. The number of quaternary nitrogens is 1. The van der Waals surface area contributed by atoms with Gasteiger partial charge in [-0.2, -0.15) is 0 Å². The summed E-state index contributed by atoms with van der Waals surface area (Å²) in [5.74, 6) is -0.957. The highest BCUT2D eigenvalue weighted by molar-refractivity contribution is 6.30. The van der Waals surface area contributed by atoms with Gasteiger partial charge in [-0.3, -0.25) is 19.3 Å². The van der Waals surface area contributed by atoms with Gasteiger partial charge in [0.25, 0.3) is 11.8 Å². The predicted molar refractivity (Wildman–Crippen MR) is 109 cm³/mol. The number of hydrogen-bond donors (Lipinski definition) is 1. The average Bonchev–Trinajstić information content (AvgIpc) is 3.00. The Labute approximate surface area is 174 Å². The lowest BCUT2D eigenvalue weighted by Gasteiger charge is -2.35. The number of halogens is 1. The Kier molecular flexibility index (Phi) is 5.39. The molecule has 4 rings (SSSR count). The van der Waals surface area contributed by atoms with Crippen molar-refractivity contribution in [2.75, 3.05) is 26.2 Å². The Morgan fingerprint density at radius 2 is 1.55 bits per heavy atom. The van der Waals surface area contributed by atoms with Crippen molar-refractivity contribution in [2.24, 2.45) is 0 Å². The van der Waals surface area contributed by atoms with E-state index in [1.165, 1.54) is 10.5 Å². The van der Waals surface area contributed by atoms with Crippen LogP contribution in [0, 0.1) is 0 Å². The van der Waals surface area contributed by atoms with E-state index in [1.54, 1.807) is 36.1 Å². The molecule has 2 aromatic carbocycles. The number of imide groups is 1. The molecule has 3 amide bonds. The predicted octanol–water partition coefficient (Wildman–Crippen LogP) is 1.25. The summed E-state index contributed by atoms with van der Waals surface area (Å²) < 4.78 is 0. The second-order valence-corrected chi connectivity index (χ2v) is 8.02. The van der Waals surface area contributed by atoms with Gasteiger partial charge in [0.2, 0.25) is 5.91 Å². The second-order valence-electron chi connectivity index (χ2n) is 7.58. The molecule has 0 spiro atoms. The Hall–Kier alpha value is -2.70. The van der Waals surface area contributed by atoms with E-state index >= 15 is 0 Å². The second kappa shape index (κ2) is 7.97. The Bertz CT molecular complexity index is 917. The zero-order valence-corrected chi connectivity index (χ0v) is 17.0. The number of carbonyl (C=O) groups excluding carboxylic acids is 3. The van der Waals surface area contributed by atoms with Gasteiger partial charge in [0.1, 0.15) is 12.6 Å². The van der Waals surface area contributed by atoms with E-state index in [9.17, 15) is 14.4 Å². The first-order valence-corrected chi connectivity index (χ1v) is 10.2. The fourth-order valence-corrected chi connectivity index (χ4v) is 4.17. The molecule has 6 nitrogen and oxygen atoms in total. The van der Waals surface area contributed by atoms with E-state index in [1.807, 2.05) is 24.3 Å². The minimum atomic E-state index is -0.805. The molecular weight excluding hydrogens is 390 g/mol. The monoisotopic (exact) mass is 412 g/mol. The summed E-state index contributed by atoms with van der Waals surface area (Å²) in [5, 5.41) is 0.723. The number of rotatable bonds is 4. The molecule has 2 heterocycles. The fourth-order valence-electron chi connectivity index (χ4n) is 4.05. The van der Waals surface area contributed by atoms with Crippen LogP contribution >= 0.6 is 11.6 Å². The standard InChI is InChI=1S/C22H22ClN3O3/c1-15(26-21(28)18-4-2-3-5-19(18)22(26)29)20(27)25-12-10-24(11-13-25)14-16-6-8-17(23)9-7-16/h2-9,15H,10-14H2,1H3/p+1/t15-/m0/s1. The molecule has 1 saturated heterocycles. The molecule has 1 N–H and O–H groups in total. The van der Waals surface area contributed by atoms with Gasteiger partial charge in [-0.15, -0.1) is 0 Å². The minimum Gasteiger partial charge on any atom is -0.330 e. The van der Waals surface area contributed by atoms with E-state index in [4.69, 9.17) is 11.6 Å². The van der Waals surface area contributed by atoms with E-state index in [0.717, 1.165) is 29.6 Å². The largest absolute Gasteiger partial charge is 0.330 e. The summed E-state index contributed by atoms with van der Waals surface area (Å²) in [6.07, 6.45) is 0. The topological polar surface area (TPSA) is 62.1 Å². The molecule has 0 unspecified atom stereocenters. The van der Waals surface area contributed by atoms with Gasteiger partial charge >= 0.3 is 0 Å². The van der Waals surface area contributed by atoms with Gasteiger partial charge in [-0.1, -0.05) is 35.9 Å². The molecule has 2 aliphatic heterocycles. The molecule has 0 saturated carbocycles. The maximum atomic E-state index is 13.0. The lowest BCUT2D eigenvalue weighted by atomic mass is 10.1. The summed E-state index contributed by atoms with van der Waals surface area (Å²) in [6.45, 7) is 5.38. The molecule has 0 radical (unpaired) electrons. The molecule has 29 heavy (non-hydrogen) atoms. The van der Waals surface area contributed by atoms with Crippen LogP contribution in [0.3, 0.4) is 0 Å². The van der Waals surface area contributed by atoms with E-state index in [2.05, 4.69) is 0 Å². The van der Waals surface area contributed by atoms with Crippen molar-refractivity contribution < 1.29 is 19.3 Å². The number of nitrogens with one attached hydrogen (secondary N) is 1. The van der Waals surface area contributed by atoms with Crippen molar-refractivity contribution in [3.05, 3.63) is 70.2 Å². The Morgan fingerprint density at radius 1 is 1.00 bits per heavy atom. The molecule has 150 valence electrons. The normalized spacial score (nSPS) is 18.1. The van der Waals surface area contributed by atoms with Crippen molar-refractivity contribution in [1.82, 2.24) is 9.80 Å². The molecule has 0 aromatic heterocycles. The summed E-state index contributed by atoms with van der Waals surface area (Å²) >= 11 is 5.94. The van der Waals surface area contributed by atoms with Crippen LogP contribution in [0.25, 0.3) is 0 Å². The van der Waals surface area contributed by atoms with E-state index < -0.39 is 17.9 Å². The first kappa shape index (κ1) is 19.6. The zero-order chi connectivity index (χ0) is 20.5. The Balaban J connectivity index is 1.37. The molecular formula is C22H23ClN3O3+. The SMILES string of the molecule is C[C@@H](C(=O)N1CC[NH+](Cc2ccc(Cl)cc2)CC1)N1C(=O)c2ccccc2C1=O. The van der Waals surface area contributed by atoms with Gasteiger partial charge < -0.3 is 9.80 Å². The van der Waals surface area contributed by atoms with Gasteiger partial charge in [-0.25, -0.2) is 0 Å². The fraction of sp³-hybridized carbons (Fsp3) is 0.318. The zero-order valence-electron chi connectivity index (χ0n) is 16.2. The summed E-state index contributed by atoms with van der Waals surface area (Å²) in [4.78, 5) is 42.5. The number of amides is 3. The van der Waals surface area contributed by atoms with Crippen LogP contribution < -0.4 is 4.90 Å².